The number of hydrogen-bond acceptors (Lipinski definition) is 3. The number of rotatable bonds is 7. The Labute approximate surface area is 108 Å². The molecule has 1 aromatic heterocycles. The summed E-state index contributed by atoms with van der Waals surface area (Å²) in [6.07, 6.45) is 3.19. The van der Waals surface area contributed by atoms with E-state index in [9.17, 15) is 5.11 Å². The van der Waals surface area contributed by atoms with Crippen molar-refractivity contribution in [2.75, 3.05) is 13.1 Å². The molecule has 4 nitrogen and oxygen atoms in total. The highest BCUT2D eigenvalue weighted by atomic mass is 35.5. The van der Waals surface area contributed by atoms with Crippen molar-refractivity contribution in [1.29, 1.82) is 0 Å². The Balaban J connectivity index is 2.84. The van der Waals surface area contributed by atoms with Gasteiger partial charge in [0.2, 0.25) is 0 Å². The number of aliphatic hydroxyl groups is 1. The van der Waals surface area contributed by atoms with Crippen LogP contribution in [0.3, 0.4) is 0 Å². The molecule has 1 aromatic rings. The summed E-state index contributed by atoms with van der Waals surface area (Å²) in [5.74, 6) is 0. The summed E-state index contributed by atoms with van der Waals surface area (Å²) in [5.41, 5.74) is -0.218. The molecule has 1 rings (SSSR count). The van der Waals surface area contributed by atoms with Crippen LogP contribution in [-0.2, 0) is 12.1 Å². The second-order valence-electron chi connectivity index (χ2n) is 4.44. The first-order valence-electron chi connectivity index (χ1n) is 6.17. The van der Waals surface area contributed by atoms with Crippen LogP contribution in [0.25, 0.3) is 0 Å². The van der Waals surface area contributed by atoms with Gasteiger partial charge in [0, 0.05) is 6.54 Å². The monoisotopic (exact) mass is 259 g/mol. The molecule has 0 aliphatic heterocycles. The molecule has 0 saturated heterocycles. The average Bonchev–Trinajstić information content (AvgIpc) is 2.61. The highest BCUT2D eigenvalue weighted by Crippen LogP contribution is 2.30. The van der Waals surface area contributed by atoms with E-state index < -0.39 is 5.60 Å². The topological polar surface area (TPSA) is 50.1 Å². The fourth-order valence-electron chi connectivity index (χ4n) is 1.91. The zero-order valence-electron chi connectivity index (χ0n) is 10.8. The van der Waals surface area contributed by atoms with Gasteiger partial charge in [0.15, 0.2) is 0 Å². The van der Waals surface area contributed by atoms with Gasteiger partial charge in [-0.2, -0.15) is 5.10 Å². The van der Waals surface area contributed by atoms with E-state index in [1.54, 1.807) is 17.8 Å². The highest BCUT2D eigenvalue weighted by molar-refractivity contribution is 6.31. The standard InChI is InChI=1S/C12H22ClN3O/c1-4-8-16-11(10(13)9-15-16)12(3,17)6-7-14-5-2/h9,14,17H,4-8H2,1-3H3. The van der Waals surface area contributed by atoms with Crippen molar-refractivity contribution in [3.63, 3.8) is 0 Å². The van der Waals surface area contributed by atoms with Crippen molar-refractivity contribution in [2.24, 2.45) is 0 Å². The van der Waals surface area contributed by atoms with E-state index in [1.165, 1.54) is 0 Å². The second-order valence-corrected chi connectivity index (χ2v) is 4.85. The summed E-state index contributed by atoms with van der Waals surface area (Å²) in [4.78, 5) is 0. The number of nitrogens with zero attached hydrogens (tertiary/aromatic N) is 2. The summed E-state index contributed by atoms with van der Waals surface area (Å²) in [6, 6.07) is 0. The number of aromatic nitrogens is 2. The zero-order chi connectivity index (χ0) is 12.9. The van der Waals surface area contributed by atoms with Gasteiger partial charge >= 0.3 is 0 Å². The molecule has 1 heterocycles. The molecule has 98 valence electrons. The molecule has 0 aliphatic rings. The van der Waals surface area contributed by atoms with Crippen LogP contribution < -0.4 is 5.32 Å². The predicted octanol–water partition coefficient (Wildman–Crippen LogP) is 2.15. The van der Waals surface area contributed by atoms with E-state index >= 15 is 0 Å². The molecular formula is C12H22ClN3O. The summed E-state index contributed by atoms with van der Waals surface area (Å²) >= 11 is 6.11. The van der Waals surface area contributed by atoms with Crippen LogP contribution >= 0.6 is 11.6 Å². The summed E-state index contributed by atoms with van der Waals surface area (Å²) in [7, 11) is 0. The van der Waals surface area contributed by atoms with Gasteiger partial charge in [0.25, 0.3) is 0 Å². The SMILES string of the molecule is CCCn1ncc(Cl)c1C(C)(O)CCNCC. The fraction of sp³-hybridized carbons (Fsp3) is 0.750. The van der Waals surface area contributed by atoms with Crippen molar-refractivity contribution in [1.82, 2.24) is 15.1 Å². The van der Waals surface area contributed by atoms with Crippen LogP contribution in [0, 0.1) is 0 Å². The lowest BCUT2D eigenvalue weighted by molar-refractivity contribution is 0.0387. The van der Waals surface area contributed by atoms with Crippen LogP contribution in [0.2, 0.25) is 5.02 Å². The van der Waals surface area contributed by atoms with Gasteiger partial charge in [-0.25, -0.2) is 0 Å². The van der Waals surface area contributed by atoms with Gasteiger partial charge in [0.1, 0.15) is 5.60 Å². The molecular weight excluding hydrogens is 238 g/mol. The molecule has 1 atom stereocenters. The van der Waals surface area contributed by atoms with Gasteiger partial charge in [-0.15, -0.1) is 0 Å². The van der Waals surface area contributed by atoms with E-state index in [4.69, 9.17) is 11.6 Å². The number of hydrogen-bond donors (Lipinski definition) is 2. The zero-order valence-corrected chi connectivity index (χ0v) is 11.6. The van der Waals surface area contributed by atoms with Crippen molar-refractivity contribution < 1.29 is 5.11 Å². The molecule has 0 bridgehead atoms. The molecule has 0 aromatic carbocycles. The Hall–Kier alpha value is -0.580. The van der Waals surface area contributed by atoms with Crippen LogP contribution in [0.4, 0.5) is 0 Å². The molecule has 2 N–H and O–H groups in total. The predicted molar refractivity (Wildman–Crippen MR) is 70.3 cm³/mol. The van der Waals surface area contributed by atoms with E-state index in [2.05, 4.69) is 17.3 Å². The van der Waals surface area contributed by atoms with Gasteiger partial charge in [0.05, 0.1) is 16.9 Å². The lowest BCUT2D eigenvalue weighted by atomic mass is 9.98. The van der Waals surface area contributed by atoms with Crippen LogP contribution in [0.15, 0.2) is 6.20 Å². The normalized spacial score (nSPS) is 14.9. The quantitative estimate of drug-likeness (QED) is 0.738. The molecule has 0 radical (unpaired) electrons. The maximum absolute atomic E-state index is 10.5. The maximum Gasteiger partial charge on any atom is 0.106 e. The minimum atomic E-state index is -0.940. The number of halogens is 1. The number of aryl methyl sites for hydroxylation is 1. The Kier molecular flexibility index (Phi) is 5.43. The first kappa shape index (κ1) is 14.5. The largest absolute Gasteiger partial charge is 0.384 e. The number of nitrogens with one attached hydrogen (secondary N) is 1. The third kappa shape index (κ3) is 3.69. The molecule has 0 aliphatic carbocycles. The van der Waals surface area contributed by atoms with Gasteiger partial charge in [-0.05, 0) is 32.9 Å². The van der Waals surface area contributed by atoms with E-state index in [1.807, 2.05) is 6.92 Å². The Morgan fingerprint density at radius 1 is 1.53 bits per heavy atom. The van der Waals surface area contributed by atoms with Crippen molar-refractivity contribution >= 4 is 11.6 Å². The summed E-state index contributed by atoms with van der Waals surface area (Å²) in [5, 5.41) is 18.5. The molecule has 17 heavy (non-hydrogen) atoms. The molecule has 0 spiro atoms. The lowest BCUT2D eigenvalue weighted by Gasteiger charge is -2.25. The molecule has 0 amide bonds. The van der Waals surface area contributed by atoms with Gasteiger partial charge in [-0.1, -0.05) is 25.4 Å². The minimum absolute atomic E-state index is 0.542. The van der Waals surface area contributed by atoms with Crippen molar-refractivity contribution in [2.45, 2.75) is 45.8 Å². The van der Waals surface area contributed by atoms with Crippen LogP contribution in [-0.4, -0.2) is 28.0 Å². The van der Waals surface area contributed by atoms with Gasteiger partial charge < -0.3 is 10.4 Å². The third-order valence-electron chi connectivity index (χ3n) is 2.78. The van der Waals surface area contributed by atoms with Crippen LogP contribution in [0.1, 0.15) is 39.3 Å². The van der Waals surface area contributed by atoms with Crippen molar-refractivity contribution in [3.8, 4) is 0 Å². The lowest BCUT2D eigenvalue weighted by Crippen LogP contribution is -2.30. The maximum atomic E-state index is 10.5. The first-order chi connectivity index (χ1) is 8.03. The molecule has 0 saturated carbocycles. The second kappa shape index (κ2) is 6.38. The Bertz CT molecular complexity index is 350. The van der Waals surface area contributed by atoms with E-state index in [0.29, 0.717) is 11.4 Å². The highest BCUT2D eigenvalue weighted by Gasteiger charge is 2.29. The van der Waals surface area contributed by atoms with E-state index in [0.717, 1.165) is 31.7 Å². The third-order valence-corrected chi connectivity index (χ3v) is 3.06. The van der Waals surface area contributed by atoms with Gasteiger partial charge in [-0.3, -0.25) is 4.68 Å². The smallest absolute Gasteiger partial charge is 0.106 e. The molecule has 0 fully saturated rings. The fourth-order valence-corrected chi connectivity index (χ4v) is 2.25. The molecule has 5 heteroatoms. The summed E-state index contributed by atoms with van der Waals surface area (Å²) in [6.45, 7) is 8.35. The van der Waals surface area contributed by atoms with Crippen LogP contribution in [0.5, 0.6) is 0 Å². The Morgan fingerprint density at radius 3 is 2.82 bits per heavy atom. The van der Waals surface area contributed by atoms with E-state index in [-0.39, 0.29) is 0 Å². The Morgan fingerprint density at radius 2 is 2.24 bits per heavy atom. The average molecular weight is 260 g/mol. The summed E-state index contributed by atoms with van der Waals surface area (Å²) < 4.78 is 1.80. The molecule has 1 unspecified atom stereocenters. The van der Waals surface area contributed by atoms with Crippen molar-refractivity contribution in [3.05, 3.63) is 16.9 Å². The first-order valence-corrected chi connectivity index (χ1v) is 6.55. The minimum Gasteiger partial charge on any atom is -0.384 e.